The van der Waals surface area contributed by atoms with Crippen LogP contribution in [0, 0.1) is 24.4 Å². The average molecular weight is 181 g/mol. The lowest BCUT2D eigenvalue weighted by molar-refractivity contribution is -0.0417. The normalized spacial score (nSPS) is 38.5. The fourth-order valence-corrected chi connectivity index (χ4v) is 3.49. The Morgan fingerprint density at radius 3 is 2.46 bits per heavy atom. The Morgan fingerprint density at radius 2 is 2.00 bits per heavy atom. The summed E-state index contributed by atoms with van der Waals surface area (Å²) in [6, 6.07) is 0. The van der Waals surface area contributed by atoms with Gasteiger partial charge in [0.2, 0.25) is 0 Å². The SMILES string of the molecule is C[CH]OC(C)(C)C1CC2CCC1C2. The largest absolute Gasteiger partial charge is 0.370 e. The Balaban J connectivity index is 2.01. The molecule has 2 saturated carbocycles. The van der Waals surface area contributed by atoms with E-state index in [2.05, 4.69) is 13.8 Å². The van der Waals surface area contributed by atoms with Crippen molar-refractivity contribution in [3.05, 3.63) is 6.61 Å². The van der Waals surface area contributed by atoms with E-state index in [4.69, 9.17) is 4.74 Å². The van der Waals surface area contributed by atoms with Gasteiger partial charge in [-0.2, -0.15) is 0 Å². The molecule has 2 aliphatic rings. The highest BCUT2D eigenvalue weighted by atomic mass is 16.5. The van der Waals surface area contributed by atoms with E-state index < -0.39 is 0 Å². The van der Waals surface area contributed by atoms with E-state index in [1.807, 2.05) is 13.5 Å². The van der Waals surface area contributed by atoms with Gasteiger partial charge in [0.05, 0.1) is 12.2 Å². The van der Waals surface area contributed by atoms with Crippen molar-refractivity contribution in [1.29, 1.82) is 0 Å². The van der Waals surface area contributed by atoms with E-state index >= 15 is 0 Å². The van der Waals surface area contributed by atoms with Crippen molar-refractivity contribution < 1.29 is 4.74 Å². The van der Waals surface area contributed by atoms with Crippen LogP contribution >= 0.6 is 0 Å². The first kappa shape index (κ1) is 9.51. The summed E-state index contributed by atoms with van der Waals surface area (Å²) in [7, 11) is 0. The van der Waals surface area contributed by atoms with Crippen molar-refractivity contribution in [2.45, 2.75) is 52.1 Å². The van der Waals surface area contributed by atoms with Crippen LogP contribution in [-0.4, -0.2) is 5.60 Å². The molecular weight excluding hydrogens is 160 g/mol. The molecule has 0 aliphatic heterocycles. The van der Waals surface area contributed by atoms with Crippen molar-refractivity contribution >= 4 is 0 Å². The van der Waals surface area contributed by atoms with E-state index in [1.165, 1.54) is 25.7 Å². The third-order valence-corrected chi connectivity index (χ3v) is 4.05. The molecule has 3 atom stereocenters. The van der Waals surface area contributed by atoms with Gasteiger partial charge < -0.3 is 4.74 Å². The number of hydrogen-bond acceptors (Lipinski definition) is 1. The molecular formula is C12H21O. The molecule has 0 amide bonds. The quantitative estimate of drug-likeness (QED) is 0.648. The fourth-order valence-electron chi connectivity index (χ4n) is 3.49. The van der Waals surface area contributed by atoms with Gasteiger partial charge in [-0.25, -0.2) is 0 Å². The van der Waals surface area contributed by atoms with E-state index in [1.54, 1.807) is 0 Å². The van der Waals surface area contributed by atoms with E-state index in [-0.39, 0.29) is 5.60 Å². The first-order valence-electron chi connectivity index (χ1n) is 5.59. The topological polar surface area (TPSA) is 9.23 Å². The van der Waals surface area contributed by atoms with E-state index in [0.717, 1.165) is 17.8 Å². The summed E-state index contributed by atoms with van der Waals surface area (Å²) >= 11 is 0. The molecule has 1 nitrogen and oxygen atoms in total. The first-order chi connectivity index (χ1) is 6.13. The minimum Gasteiger partial charge on any atom is -0.370 e. The van der Waals surface area contributed by atoms with E-state index in [0.29, 0.717) is 0 Å². The van der Waals surface area contributed by atoms with Crippen LogP contribution in [0.5, 0.6) is 0 Å². The van der Waals surface area contributed by atoms with Crippen LogP contribution < -0.4 is 0 Å². The summed E-state index contributed by atoms with van der Waals surface area (Å²) in [5.41, 5.74) is 0.0780. The van der Waals surface area contributed by atoms with Crippen molar-refractivity contribution in [2.24, 2.45) is 17.8 Å². The molecule has 0 aromatic rings. The minimum atomic E-state index is 0.0780. The lowest BCUT2D eigenvalue weighted by Crippen LogP contribution is -2.36. The highest BCUT2D eigenvalue weighted by Gasteiger charge is 2.46. The third kappa shape index (κ3) is 1.63. The standard InChI is InChI=1S/C12H21O/c1-4-13-12(2,3)11-8-9-5-6-10(11)7-9/h4,9-11H,5-8H2,1-3H3. The molecule has 2 rings (SSSR count). The Kier molecular flexibility index (Phi) is 2.39. The molecule has 0 aromatic heterocycles. The smallest absolute Gasteiger partial charge is 0.0813 e. The number of rotatable bonds is 3. The van der Waals surface area contributed by atoms with Gasteiger partial charge in [0.1, 0.15) is 0 Å². The van der Waals surface area contributed by atoms with Crippen LogP contribution in [0.3, 0.4) is 0 Å². The maximum Gasteiger partial charge on any atom is 0.0813 e. The van der Waals surface area contributed by atoms with Crippen LogP contribution in [0.15, 0.2) is 0 Å². The second-order valence-corrected chi connectivity index (χ2v) is 5.24. The highest BCUT2D eigenvalue weighted by molar-refractivity contribution is 4.97. The molecule has 1 heteroatoms. The van der Waals surface area contributed by atoms with Crippen LogP contribution in [0.1, 0.15) is 46.5 Å². The van der Waals surface area contributed by atoms with Crippen molar-refractivity contribution in [1.82, 2.24) is 0 Å². The van der Waals surface area contributed by atoms with E-state index in [9.17, 15) is 0 Å². The summed E-state index contributed by atoms with van der Waals surface area (Å²) in [5, 5.41) is 0. The highest BCUT2D eigenvalue weighted by Crippen LogP contribution is 2.52. The second-order valence-electron chi connectivity index (χ2n) is 5.24. The van der Waals surface area contributed by atoms with Gasteiger partial charge in [0, 0.05) is 0 Å². The van der Waals surface area contributed by atoms with Gasteiger partial charge in [0.15, 0.2) is 0 Å². The number of fused-ring (bicyclic) bond motifs is 2. The Hall–Kier alpha value is -0.0400. The first-order valence-corrected chi connectivity index (χ1v) is 5.59. The maximum absolute atomic E-state index is 5.74. The summed E-state index contributed by atoms with van der Waals surface area (Å²) in [6.07, 6.45) is 5.81. The monoisotopic (exact) mass is 181 g/mol. The molecule has 75 valence electrons. The zero-order valence-electron chi connectivity index (χ0n) is 9.05. The zero-order valence-corrected chi connectivity index (χ0v) is 9.05. The van der Waals surface area contributed by atoms with Crippen LogP contribution in [0.2, 0.25) is 0 Å². The molecule has 0 spiro atoms. The third-order valence-electron chi connectivity index (χ3n) is 4.05. The molecule has 0 saturated heterocycles. The van der Waals surface area contributed by atoms with Crippen LogP contribution in [0.25, 0.3) is 0 Å². The molecule has 2 aliphatic carbocycles. The Labute approximate surface area is 81.9 Å². The van der Waals surface area contributed by atoms with Crippen molar-refractivity contribution in [3.63, 3.8) is 0 Å². The van der Waals surface area contributed by atoms with Crippen LogP contribution in [0.4, 0.5) is 0 Å². The molecule has 2 fully saturated rings. The molecule has 2 bridgehead atoms. The van der Waals surface area contributed by atoms with Crippen molar-refractivity contribution in [2.75, 3.05) is 0 Å². The molecule has 13 heavy (non-hydrogen) atoms. The second kappa shape index (κ2) is 3.27. The summed E-state index contributed by atoms with van der Waals surface area (Å²) in [5.74, 6) is 2.79. The van der Waals surface area contributed by atoms with Gasteiger partial charge in [-0.3, -0.25) is 0 Å². The Morgan fingerprint density at radius 1 is 1.23 bits per heavy atom. The average Bonchev–Trinajstić information content (AvgIpc) is 2.63. The fraction of sp³-hybridized carbons (Fsp3) is 0.917. The zero-order chi connectivity index (χ0) is 9.47. The number of ether oxygens (including phenoxy) is 1. The predicted octanol–water partition coefficient (Wildman–Crippen LogP) is 3.40. The summed E-state index contributed by atoms with van der Waals surface area (Å²) in [6.45, 7) is 8.33. The lowest BCUT2D eigenvalue weighted by Gasteiger charge is -2.36. The molecule has 0 N–H and O–H groups in total. The molecule has 0 aromatic carbocycles. The minimum absolute atomic E-state index is 0.0780. The summed E-state index contributed by atoms with van der Waals surface area (Å²) in [4.78, 5) is 0. The maximum atomic E-state index is 5.74. The summed E-state index contributed by atoms with van der Waals surface area (Å²) < 4.78 is 5.74. The molecule has 1 radical (unpaired) electrons. The van der Waals surface area contributed by atoms with Gasteiger partial charge in [-0.1, -0.05) is 6.42 Å². The van der Waals surface area contributed by atoms with Gasteiger partial charge in [-0.15, -0.1) is 0 Å². The van der Waals surface area contributed by atoms with Gasteiger partial charge in [0.25, 0.3) is 0 Å². The number of hydrogen-bond donors (Lipinski definition) is 0. The van der Waals surface area contributed by atoms with Gasteiger partial charge in [-0.05, 0) is 57.8 Å². The van der Waals surface area contributed by atoms with Gasteiger partial charge >= 0.3 is 0 Å². The Bertz CT molecular complexity index is 186. The van der Waals surface area contributed by atoms with Crippen LogP contribution in [-0.2, 0) is 4.74 Å². The predicted molar refractivity (Wildman–Crippen MR) is 54.1 cm³/mol. The molecule has 3 unspecified atom stereocenters. The molecule has 0 heterocycles. The van der Waals surface area contributed by atoms with Crippen molar-refractivity contribution in [3.8, 4) is 0 Å². The lowest BCUT2D eigenvalue weighted by atomic mass is 9.78.